The largest absolute Gasteiger partial charge is 0.467 e. The first kappa shape index (κ1) is 15.7. The highest BCUT2D eigenvalue weighted by Crippen LogP contribution is 2.22. The highest BCUT2D eigenvalue weighted by atomic mass is 19.1. The summed E-state index contributed by atoms with van der Waals surface area (Å²) in [7, 11) is 0. The molecule has 0 fully saturated rings. The Morgan fingerprint density at radius 2 is 1.88 bits per heavy atom. The zero-order valence-corrected chi connectivity index (χ0v) is 12.9. The molecule has 0 aliphatic carbocycles. The van der Waals surface area contributed by atoms with Crippen molar-refractivity contribution >= 4 is 12.0 Å². The van der Waals surface area contributed by atoms with E-state index >= 15 is 0 Å². The fraction of sp³-hybridized carbons (Fsp3) is 0.0500. The van der Waals surface area contributed by atoms with Crippen LogP contribution in [0.5, 0.6) is 0 Å². The molecule has 24 heavy (non-hydrogen) atoms. The molecule has 3 aromatic rings. The van der Waals surface area contributed by atoms with Crippen LogP contribution in [0.3, 0.4) is 0 Å². The first-order valence-electron chi connectivity index (χ1n) is 7.55. The molecular formula is C20H16FNO2. The molecule has 1 atom stereocenters. The Balaban J connectivity index is 1.77. The van der Waals surface area contributed by atoms with E-state index in [9.17, 15) is 9.18 Å². The first-order chi connectivity index (χ1) is 11.7. The number of benzene rings is 2. The van der Waals surface area contributed by atoms with Gasteiger partial charge in [-0.25, -0.2) is 4.39 Å². The second kappa shape index (κ2) is 7.42. The molecule has 1 heterocycles. The topological polar surface area (TPSA) is 42.2 Å². The average Bonchev–Trinajstić information content (AvgIpc) is 3.13. The lowest BCUT2D eigenvalue weighted by Crippen LogP contribution is -2.27. The van der Waals surface area contributed by atoms with Crippen LogP contribution in [0.4, 0.5) is 4.39 Å². The number of furan rings is 1. The molecule has 4 heteroatoms. The van der Waals surface area contributed by atoms with Gasteiger partial charge >= 0.3 is 0 Å². The Labute approximate surface area is 139 Å². The first-order valence-corrected chi connectivity index (χ1v) is 7.55. The fourth-order valence-corrected chi connectivity index (χ4v) is 2.39. The van der Waals surface area contributed by atoms with Crippen molar-refractivity contribution < 1.29 is 13.6 Å². The van der Waals surface area contributed by atoms with Crippen LogP contribution in [0, 0.1) is 5.82 Å². The Kier molecular flexibility index (Phi) is 4.87. The van der Waals surface area contributed by atoms with Crippen molar-refractivity contribution in [3.63, 3.8) is 0 Å². The van der Waals surface area contributed by atoms with Crippen LogP contribution < -0.4 is 5.32 Å². The van der Waals surface area contributed by atoms with Gasteiger partial charge in [0, 0.05) is 6.08 Å². The van der Waals surface area contributed by atoms with Crippen molar-refractivity contribution in [1.29, 1.82) is 0 Å². The third kappa shape index (κ3) is 3.98. The minimum absolute atomic E-state index is 0.287. The van der Waals surface area contributed by atoms with E-state index in [0.717, 1.165) is 5.56 Å². The van der Waals surface area contributed by atoms with E-state index in [1.54, 1.807) is 30.5 Å². The van der Waals surface area contributed by atoms with Crippen LogP contribution in [0.15, 0.2) is 83.5 Å². The van der Waals surface area contributed by atoms with E-state index in [2.05, 4.69) is 5.32 Å². The minimum atomic E-state index is -0.383. The van der Waals surface area contributed by atoms with Gasteiger partial charge in [0.1, 0.15) is 17.6 Å². The molecule has 3 nitrogen and oxygen atoms in total. The van der Waals surface area contributed by atoms with Gasteiger partial charge in [0.2, 0.25) is 5.91 Å². The van der Waals surface area contributed by atoms with Gasteiger partial charge in [-0.1, -0.05) is 42.5 Å². The molecule has 0 aliphatic rings. The van der Waals surface area contributed by atoms with Gasteiger partial charge in [0.05, 0.1) is 6.26 Å². The summed E-state index contributed by atoms with van der Waals surface area (Å²) in [4.78, 5) is 12.2. The molecule has 120 valence electrons. The van der Waals surface area contributed by atoms with Gasteiger partial charge in [-0.05, 0) is 41.5 Å². The summed E-state index contributed by atoms with van der Waals surface area (Å²) in [6, 6.07) is 18.8. The molecule has 0 spiro atoms. The number of amides is 1. The summed E-state index contributed by atoms with van der Waals surface area (Å²) in [6.45, 7) is 0. The van der Waals surface area contributed by atoms with E-state index < -0.39 is 0 Å². The Bertz CT molecular complexity index is 826. The SMILES string of the molecule is O=C(/C=C/c1cccc(F)c1)N[C@@H](c1ccccc1)c1ccco1. The second-order valence-corrected chi connectivity index (χ2v) is 5.26. The number of carbonyl (C=O) groups excluding carboxylic acids is 1. The summed E-state index contributed by atoms with van der Waals surface area (Å²) < 4.78 is 18.6. The molecule has 0 aliphatic heterocycles. The van der Waals surface area contributed by atoms with Gasteiger partial charge in [0.15, 0.2) is 0 Å². The van der Waals surface area contributed by atoms with Crippen molar-refractivity contribution in [3.05, 3.63) is 102 Å². The van der Waals surface area contributed by atoms with Crippen LogP contribution in [0.1, 0.15) is 22.9 Å². The number of hydrogen-bond acceptors (Lipinski definition) is 2. The maximum atomic E-state index is 13.2. The van der Waals surface area contributed by atoms with Crippen LogP contribution >= 0.6 is 0 Å². The normalized spacial score (nSPS) is 12.2. The molecule has 1 N–H and O–H groups in total. The zero-order valence-electron chi connectivity index (χ0n) is 12.9. The van der Waals surface area contributed by atoms with E-state index in [1.807, 2.05) is 36.4 Å². The molecule has 2 aromatic carbocycles. The lowest BCUT2D eigenvalue weighted by Gasteiger charge is -2.16. The molecule has 0 unspecified atom stereocenters. The quantitative estimate of drug-likeness (QED) is 0.710. The summed E-state index contributed by atoms with van der Waals surface area (Å²) in [5.41, 5.74) is 1.54. The molecule has 3 rings (SSSR count). The van der Waals surface area contributed by atoms with Gasteiger partial charge in [-0.3, -0.25) is 4.79 Å². The molecule has 0 saturated heterocycles. The lowest BCUT2D eigenvalue weighted by molar-refractivity contribution is -0.117. The predicted octanol–water partition coefficient (Wildman–Crippen LogP) is 4.34. The van der Waals surface area contributed by atoms with Crippen molar-refractivity contribution in [2.45, 2.75) is 6.04 Å². The Morgan fingerprint density at radius 3 is 2.58 bits per heavy atom. The molecule has 1 aromatic heterocycles. The minimum Gasteiger partial charge on any atom is -0.467 e. The van der Waals surface area contributed by atoms with Gasteiger partial charge in [-0.15, -0.1) is 0 Å². The predicted molar refractivity (Wildman–Crippen MR) is 90.6 cm³/mol. The Hall–Kier alpha value is -3.14. The third-order valence-electron chi connectivity index (χ3n) is 3.52. The zero-order chi connectivity index (χ0) is 16.8. The highest BCUT2D eigenvalue weighted by molar-refractivity contribution is 5.92. The van der Waals surface area contributed by atoms with E-state index in [1.165, 1.54) is 18.2 Å². The van der Waals surface area contributed by atoms with E-state index in [4.69, 9.17) is 4.42 Å². The number of carbonyl (C=O) groups is 1. The monoisotopic (exact) mass is 321 g/mol. The van der Waals surface area contributed by atoms with Crippen molar-refractivity contribution in [2.24, 2.45) is 0 Å². The number of hydrogen-bond donors (Lipinski definition) is 1. The van der Waals surface area contributed by atoms with Crippen LogP contribution in [0.25, 0.3) is 6.08 Å². The molecule has 0 bridgehead atoms. The van der Waals surface area contributed by atoms with Crippen LogP contribution in [-0.2, 0) is 4.79 Å². The molecule has 1 amide bonds. The fourth-order valence-electron chi connectivity index (χ4n) is 2.39. The summed E-state index contributed by atoms with van der Waals surface area (Å²) in [5, 5.41) is 2.91. The number of rotatable bonds is 5. The maximum absolute atomic E-state index is 13.2. The highest BCUT2D eigenvalue weighted by Gasteiger charge is 2.17. The average molecular weight is 321 g/mol. The second-order valence-electron chi connectivity index (χ2n) is 5.26. The van der Waals surface area contributed by atoms with Crippen LogP contribution in [0.2, 0.25) is 0 Å². The standard InChI is InChI=1S/C20H16FNO2/c21-17-9-4-6-15(14-17)11-12-19(23)22-20(18-10-5-13-24-18)16-7-2-1-3-8-16/h1-14,20H,(H,22,23)/b12-11+/t20-/m0/s1. The molecule has 0 saturated carbocycles. The molecule has 0 radical (unpaired) electrons. The number of halogens is 1. The van der Waals surface area contributed by atoms with Gasteiger partial charge in [0.25, 0.3) is 0 Å². The van der Waals surface area contributed by atoms with Crippen LogP contribution in [-0.4, -0.2) is 5.91 Å². The summed E-state index contributed by atoms with van der Waals surface area (Å²) in [5.74, 6) is 0.0218. The summed E-state index contributed by atoms with van der Waals surface area (Å²) in [6.07, 6.45) is 4.52. The van der Waals surface area contributed by atoms with Crippen molar-refractivity contribution in [2.75, 3.05) is 0 Å². The van der Waals surface area contributed by atoms with E-state index in [-0.39, 0.29) is 17.8 Å². The lowest BCUT2D eigenvalue weighted by atomic mass is 10.0. The van der Waals surface area contributed by atoms with E-state index in [0.29, 0.717) is 11.3 Å². The number of nitrogens with one attached hydrogen (secondary N) is 1. The third-order valence-corrected chi connectivity index (χ3v) is 3.52. The van der Waals surface area contributed by atoms with Crippen molar-refractivity contribution in [3.8, 4) is 0 Å². The Morgan fingerprint density at radius 1 is 1.04 bits per heavy atom. The summed E-state index contributed by atoms with van der Waals surface area (Å²) >= 11 is 0. The van der Waals surface area contributed by atoms with Gasteiger partial charge in [-0.2, -0.15) is 0 Å². The van der Waals surface area contributed by atoms with Gasteiger partial charge < -0.3 is 9.73 Å². The maximum Gasteiger partial charge on any atom is 0.244 e. The van der Waals surface area contributed by atoms with Crippen molar-refractivity contribution in [1.82, 2.24) is 5.32 Å². The molecular weight excluding hydrogens is 305 g/mol. The smallest absolute Gasteiger partial charge is 0.244 e.